The summed E-state index contributed by atoms with van der Waals surface area (Å²) in [6.45, 7) is -0.368. The van der Waals surface area contributed by atoms with Crippen molar-refractivity contribution in [3.8, 4) is 11.5 Å². The van der Waals surface area contributed by atoms with Crippen molar-refractivity contribution in [3.63, 3.8) is 0 Å². The molecule has 1 aliphatic carbocycles. The molecule has 10 heteroatoms. The molecule has 0 amide bonds. The van der Waals surface area contributed by atoms with Gasteiger partial charge in [0, 0.05) is 17.7 Å². The van der Waals surface area contributed by atoms with E-state index in [-0.39, 0.29) is 36.1 Å². The summed E-state index contributed by atoms with van der Waals surface area (Å²) >= 11 is 5.65. The molecule has 41 heavy (non-hydrogen) atoms. The van der Waals surface area contributed by atoms with Crippen LogP contribution in [0.25, 0.3) is 12.2 Å². The largest absolute Gasteiger partial charge is 0.491 e. The molecule has 4 aromatic rings. The lowest BCUT2D eigenvalue weighted by atomic mass is 9.83. The van der Waals surface area contributed by atoms with Gasteiger partial charge in [-0.25, -0.2) is 14.4 Å². The van der Waals surface area contributed by atoms with Gasteiger partial charge < -0.3 is 19.3 Å². The topological polar surface area (TPSA) is 120 Å². The van der Waals surface area contributed by atoms with Crippen LogP contribution in [0.3, 0.4) is 0 Å². The summed E-state index contributed by atoms with van der Waals surface area (Å²) in [5.74, 6) is -2.17. The van der Waals surface area contributed by atoms with Crippen LogP contribution in [0, 0.1) is 4.64 Å². The Morgan fingerprint density at radius 3 is 2.12 bits per heavy atom. The van der Waals surface area contributed by atoms with E-state index in [0.29, 0.717) is 4.64 Å². The predicted octanol–water partition coefficient (Wildman–Crippen LogP) is 4.90. The summed E-state index contributed by atoms with van der Waals surface area (Å²) in [5.41, 5.74) is 4.33. The zero-order chi connectivity index (χ0) is 28.9. The number of aromatic carboxylic acids is 1. The molecule has 0 saturated heterocycles. The number of methoxy groups -OCH3 is 1. The second kappa shape index (κ2) is 12.1. The minimum atomic E-state index is -1.29. The summed E-state index contributed by atoms with van der Waals surface area (Å²) < 4.78 is 17.5. The van der Waals surface area contributed by atoms with Crippen molar-refractivity contribution >= 4 is 36.3 Å². The average molecular weight is 571 g/mol. The smallest absolute Gasteiger partial charge is 0.343 e. The maximum atomic E-state index is 12.9. The number of carboxylic acids is 1. The monoisotopic (exact) mass is 570 g/mol. The first kappa shape index (κ1) is 27.6. The van der Waals surface area contributed by atoms with Gasteiger partial charge in [0.1, 0.15) is 28.3 Å². The van der Waals surface area contributed by atoms with Crippen LogP contribution in [0.2, 0.25) is 0 Å². The summed E-state index contributed by atoms with van der Waals surface area (Å²) in [6, 6.07) is 20.6. The summed E-state index contributed by atoms with van der Waals surface area (Å²) in [7, 11) is 1.21. The zero-order valence-electron chi connectivity index (χ0n) is 22.0. The summed E-state index contributed by atoms with van der Waals surface area (Å²) in [4.78, 5) is 39.1. The van der Waals surface area contributed by atoms with Gasteiger partial charge in [-0.05, 0) is 34.4 Å². The predicted molar refractivity (Wildman–Crippen MR) is 155 cm³/mol. The van der Waals surface area contributed by atoms with Crippen molar-refractivity contribution in [2.75, 3.05) is 20.3 Å². The number of carbonyl (C=O) groups is 2. The molecule has 208 valence electrons. The van der Waals surface area contributed by atoms with E-state index < -0.39 is 24.2 Å². The molecule has 9 nitrogen and oxygen atoms in total. The quantitative estimate of drug-likeness (QED) is 0.190. The Hall–Kier alpha value is -4.96. The van der Waals surface area contributed by atoms with Crippen molar-refractivity contribution in [1.82, 2.24) is 9.55 Å². The van der Waals surface area contributed by atoms with Gasteiger partial charge >= 0.3 is 17.6 Å². The second-order valence-electron chi connectivity index (χ2n) is 9.21. The highest BCUT2D eigenvalue weighted by atomic mass is 32.1. The number of benzene rings is 3. The molecule has 1 aliphatic rings. The first-order chi connectivity index (χ1) is 19.9. The molecule has 5 rings (SSSR count). The van der Waals surface area contributed by atoms with Gasteiger partial charge in [-0.3, -0.25) is 9.55 Å². The Bertz CT molecular complexity index is 1720. The lowest BCUT2D eigenvalue weighted by Gasteiger charge is -2.22. The van der Waals surface area contributed by atoms with Crippen LogP contribution in [0.5, 0.6) is 11.5 Å². The van der Waals surface area contributed by atoms with Crippen molar-refractivity contribution in [1.29, 1.82) is 0 Å². The van der Waals surface area contributed by atoms with E-state index in [1.807, 2.05) is 36.4 Å². The molecule has 2 N–H and O–H groups in total. The molecule has 0 aliphatic heterocycles. The van der Waals surface area contributed by atoms with Crippen LogP contribution in [-0.4, -0.2) is 46.9 Å². The number of nitrogens with one attached hydrogen (secondary N) is 1. The lowest BCUT2D eigenvalue weighted by Crippen LogP contribution is -2.27. The number of hydrogen-bond donors (Lipinski definition) is 2. The SMILES string of the molecule is COC(=O)COc1cccc(OCCn2cc(C3c4ccccc4C=Cc4ccccc43)c(=S)[nH]c2=O)c1C(=O)O. The molecule has 0 saturated carbocycles. The third-order valence-electron chi connectivity index (χ3n) is 6.77. The number of aromatic nitrogens is 2. The van der Waals surface area contributed by atoms with Crippen molar-refractivity contribution < 1.29 is 28.9 Å². The van der Waals surface area contributed by atoms with E-state index in [0.717, 1.165) is 27.8 Å². The van der Waals surface area contributed by atoms with Gasteiger partial charge in [-0.1, -0.05) is 79.0 Å². The van der Waals surface area contributed by atoms with Gasteiger partial charge in [-0.2, -0.15) is 0 Å². The maximum absolute atomic E-state index is 12.9. The van der Waals surface area contributed by atoms with E-state index in [9.17, 15) is 19.5 Å². The average Bonchev–Trinajstić information content (AvgIpc) is 3.14. The summed E-state index contributed by atoms with van der Waals surface area (Å²) in [5, 5.41) is 9.77. The van der Waals surface area contributed by atoms with Gasteiger partial charge in [-0.15, -0.1) is 0 Å². The standard InChI is InChI=1S/C31H26N2O7S/c1-38-26(34)18-40-25-12-6-11-24(28(25)30(35)36)39-16-15-33-17-23(29(41)32-31(33)37)27-21-9-4-2-7-19(21)13-14-20-8-3-5-10-22(20)27/h2-14,17,27H,15-16,18H2,1H3,(H,35,36)(H,32,37,41). The number of nitrogens with zero attached hydrogens (tertiary/aromatic N) is 1. The molecular formula is C31H26N2O7S. The van der Waals surface area contributed by atoms with E-state index in [1.54, 1.807) is 12.3 Å². The normalized spacial score (nSPS) is 12.1. The van der Waals surface area contributed by atoms with Crippen molar-refractivity contribution in [3.05, 3.63) is 121 Å². The Morgan fingerprint density at radius 2 is 1.51 bits per heavy atom. The van der Waals surface area contributed by atoms with Crippen LogP contribution in [0.1, 0.15) is 44.1 Å². The van der Waals surface area contributed by atoms with E-state index >= 15 is 0 Å². The minimum Gasteiger partial charge on any atom is -0.491 e. The maximum Gasteiger partial charge on any atom is 0.343 e. The highest BCUT2D eigenvalue weighted by molar-refractivity contribution is 7.71. The van der Waals surface area contributed by atoms with Gasteiger partial charge in [0.15, 0.2) is 6.61 Å². The molecule has 3 aromatic carbocycles. The first-order valence-corrected chi connectivity index (χ1v) is 13.2. The summed E-state index contributed by atoms with van der Waals surface area (Å²) in [6.07, 6.45) is 5.89. The number of hydrogen-bond acceptors (Lipinski definition) is 7. The Morgan fingerprint density at radius 1 is 0.902 bits per heavy atom. The van der Waals surface area contributed by atoms with E-state index in [2.05, 4.69) is 34.0 Å². The van der Waals surface area contributed by atoms with Crippen LogP contribution in [-0.2, 0) is 16.1 Å². The Labute approximate surface area is 240 Å². The third kappa shape index (κ3) is 5.82. The van der Waals surface area contributed by atoms with Crippen LogP contribution in [0.15, 0.2) is 77.7 Å². The van der Waals surface area contributed by atoms with Crippen LogP contribution in [0.4, 0.5) is 0 Å². The molecule has 1 aromatic heterocycles. The molecule has 0 fully saturated rings. The highest BCUT2D eigenvalue weighted by Crippen LogP contribution is 2.39. The van der Waals surface area contributed by atoms with Crippen LogP contribution < -0.4 is 15.2 Å². The van der Waals surface area contributed by atoms with Gasteiger partial charge in [0.25, 0.3) is 0 Å². The Balaban J connectivity index is 1.44. The second-order valence-corrected chi connectivity index (χ2v) is 9.62. The lowest BCUT2D eigenvalue weighted by molar-refractivity contribution is -0.142. The number of ether oxygens (including phenoxy) is 3. The molecule has 0 bridgehead atoms. The number of carboxylic acid groups (broad SMARTS) is 1. The fourth-order valence-corrected chi connectivity index (χ4v) is 5.10. The first-order valence-electron chi connectivity index (χ1n) is 12.8. The van der Waals surface area contributed by atoms with Crippen LogP contribution >= 0.6 is 12.2 Å². The number of carbonyl (C=O) groups excluding carboxylic acids is 1. The molecular weight excluding hydrogens is 544 g/mol. The van der Waals surface area contributed by atoms with E-state index in [4.69, 9.17) is 21.7 Å². The number of esters is 1. The molecule has 0 radical (unpaired) electrons. The fourth-order valence-electron chi connectivity index (χ4n) is 4.84. The van der Waals surface area contributed by atoms with Crippen molar-refractivity contribution in [2.24, 2.45) is 0 Å². The third-order valence-corrected chi connectivity index (χ3v) is 7.11. The number of H-pyrrole nitrogens is 1. The molecule has 0 spiro atoms. The minimum absolute atomic E-state index is 0.0237. The molecule has 1 heterocycles. The number of aromatic amines is 1. The van der Waals surface area contributed by atoms with Gasteiger partial charge in [0.2, 0.25) is 0 Å². The Kier molecular flexibility index (Phi) is 8.11. The number of rotatable bonds is 9. The zero-order valence-corrected chi connectivity index (χ0v) is 22.9. The van der Waals surface area contributed by atoms with Crippen molar-refractivity contribution in [2.45, 2.75) is 12.5 Å². The van der Waals surface area contributed by atoms with Gasteiger partial charge in [0.05, 0.1) is 13.7 Å². The number of fused-ring (bicyclic) bond motifs is 2. The molecule has 0 atom stereocenters. The molecule has 0 unspecified atom stereocenters. The van der Waals surface area contributed by atoms with E-state index in [1.165, 1.54) is 23.8 Å². The highest BCUT2D eigenvalue weighted by Gasteiger charge is 2.25. The fraction of sp³-hybridized carbons (Fsp3) is 0.161.